The largest absolute Gasteiger partial charge is 0.480 e. The van der Waals surface area contributed by atoms with Crippen LogP contribution in [-0.4, -0.2) is 47.8 Å². The Balaban J connectivity index is 1.72. The molecule has 2 fully saturated rings. The van der Waals surface area contributed by atoms with Crippen LogP contribution in [0.15, 0.2) is 0 Å². The molecular weight excluding hydrogens is 230 g/mol. The Hall–Kier alpha value is -0.610. The fourth-order valence-corrected chi connectivity index (χ4v) is 3.31. The zero-order valence-corrected chi connectivity index (χ0v) is 11.5. The van der Waals surface area contributed by atoms with Gasteiger partial charge in [0.2, 0.25) is 0 Å². The Kier molecular flexibility index (Phi) is 4.28. The third-order valence-electron chi connectivity index (χ3n) is 4.38. The van der Waals surface area contributed by atoms with Gasteiger partial charge in [-0.15, -0.1) is 0 Å². The number of carboxylic acids is 1. The summed E-state index contributed by atoms with van der Waals surface area (Å²) in [7, 11) is 0. The molecule has 2 aliphatic rings. The third-order valence-corrected chi connectivity index (χ3v) is 4.38. The summed E-state index contributed by atoms with van der Waals surface area (Å²) in [6, 6.07) is 0.737. The Morgan fingerprint density at radius 1 is 1.33 bits per heavy atom. The molecular formula is C14H25NO3. The lowest BCUT2D eigenvalue weighted by Crippen LogP contribution is -2.43. The first-order valence-corrected chi connectivity index (χ1v) is 7.04. The van der Waals surface area contributed by atoms with E-state index in [9.17, 15) is 4.79 Å². The van der Waals surface area contributed by atoms with Crippen LogP contribution >= 0.6 is 0 Å². The van der Waals surface area contributed by atoms with Crippen molar-refractivity contribution in [3.63, 3.8) is 0 Å². The minimum atomic E-state index is -0.866. The van der Waals surface area contributed by atoms with Gasteiger partial charge in [-0.1, -0.05) is 13.8 Å². The first-order valence-electron chi connectivity index (χ1n) is 7.04. The summed E-state index contributed by atoms with van der Waals surface area (Å²) >= 11 is 0. The fourth-order valence-electron chi connectivity index (χ4n) is 3.31. The lowest BCUT2D eigenvalue weighted by atomic mass is 9.91. The van der Waals surface area contributed by atoms with Gasteiger partial charge in [-0.3, -0.25) is 0 Å². The van der Waals surface area contributed by atoms with Crippen LogP contribution < -0.4 is 0 Å². The van der Waals surface area contributed by atoms with Crippen molar-refractivity contribution in [2.45, 2.75) is 58.1 Å². The van der Waals surface area contributed by atoms with Gasteiger partial charge in [0, 0.05) is 19.1 Å². The van der Waals surface area contributed by atoms with Gasteiger partial charge in [-0.05, 0) is 37.5 Å². The molecule has 0 radical (unpaired) electrons. The molecule has 1 N–H and O–H groups in total. The summed E-state index contributed by atoms with van der Waals surface area (Å²) in [6.07, 6.45) is 6.04. The molecule has 0 spiro atoms. The van der Waals surface area contributed by atoms with E-state index >= 15 is 0 Å². The molecule has 1 heterocycles. The van der Waals surface area contributed by atoms with E-state index < -0.39 is 5.97 Å². The van der Waals surface area contributed by atoms with Crippen molar-refractivity contribution in [3.05, 3.63) is 0 Å². The molecule has 0 amide bonds. The summed E-state index contributed by atoms with van der Waals surface area (Å²) < 4.78 is 5.37. The van der Waals surface area contributed by atoms with Crippen molar-refractivity contribution in [1.29, 1.82) is 0 Å². The van der Waals surface area contributed by atoms with Gasteiger partial charge >= 0.3 is 5.97 Å². The second kappa shape index (κ2) is 5.57. The first kappa shape index (κ1) is 13.8. The Morgan fingerprint density at radius 2 is 2.00 bits per heavy atom. The van der Waals surface area contributed by atoms with Gasteiger partial charge in [-0.25, -0.2) is 4.79 Å². The molecule has 1 saturated carbocycles. The monoisotopic (exact) mass is 255 g/mol. The topological polar surface area (TPSA) is 49.8 Å². The van der Waals surface area contributed by atoms with Crippen LogP contribution in [0.2, 0.25) is 0 Å². The average Bonchev–Trinajstić information content (AvgIpc) is 2.68. The molecule has 0 bridgehead atoms. The van der Waals surface area contributed by atoms with E-state index in [4.69, 9.17) is 9.84 Å². The minimum Gasteiger partial charge on any atom is -0.480 e. The normalized spacial score (nSPS) is 29.6. The zero-order chi connectivity index (χ0) is 13.2. The number of carboxylic acid groups (broad SMARTS) is 1. The van der Waals surface area contributed by atoms with Crippen LogP contribution in [0.1, 0.15) is 46.0 Å². The molecule has 1 unspecified atom stereocenters. The van der Waals surface area contributed by atoms with Crippen LogP contribution in [0.5, 0.6) is 0 Å². The van der Waals surface area contributed by atoms with E-state index in [2.05, 4.69) is 18.7 Å². The maximum atomic E-state index is 10.5. The maximum Gasteiger partial charge on any atom is 0.329 e. The number of carbonyl (C=O) groups is 1. The second-order valence-electron chi connectivity index (χ2n) is 6.50. The smallest absolute Gasteiger partial charge is 0.329 e. The van der Waals surface area contributed by atoms with Crippen molar-refractivity contribution < 1.29 is 14.6 Å². The zero-order valence-electron chi connectivity index (χ0n) is 11.5. The van der Waals surface area contributed by atoms with E-state index in [-0.39, 0.29) is 12.7 Å². The number of nitrogens with zero attached hydrogens (tertiary/aromatic N) is 1. The number of piperidine rings is 1. The highest BCUT2D eigenvalue weighted by molar-refractivity contribution is 5.68. The van der Waals surface area contributed by atoms with Gasteiger partial charge in [-0.2, -0.15) is 0 Å². The van der Waals surface area contributed by atoms with Crippen molar-refractivity contribution in [1.82, 2.24) is 4.90 Å². The quantitative estimate of drug-likeness (QED) is 0.836. The molecule has 1 saturated heterocycles. The van der Waals surface area contributed by atoms with Crippen LogP contribution in [-0.2, 0) is 9.53 Å². The number of rotatable bonds is 4. The molecule has 4 nitrogen and oxygen atoms in total. The molecule has 1 atom stereocenters. The summed E-state index contributed by atoms with van der Waals surface area (Å²) in [4.78, 5) is 13.0. The van der Waals surface area contributed by atoms with Crippen molar-refractivity contribution in [2.24, 2.45) is 5.41 Å². The third kappa shape index (κ3) is 3.69. The Bertz CT molecular complexity index is 295. The fraction of sp³-hybridized carbons (Fsp3) is 0.929. The van der Waals surface area contributed by atoms with Gasteiger partial charge < -0.3 is 14.7 Å². The number of aliphatic carboxylic acids is 1. The highest BCUT2D eigenvalue weighted by atomic mass is 16.5. The minimum absolute atomic E-state index is 0.145. The molecule has 18 heavy (non-hydrogen) atoms. The Labute approximate surface area is 109 Å². The molecule has 4 heteroatoms. The van der Waals surface area contributed by atoms with E-state index in [0.29, 0.717) is 5.41 Å². The predicted molar refractivity (Wildman–Crippen MR) is 69.6 cm³/mol. The average molecular weight is 255 g/mol. The molecule has 0 aromatic heterocycles. The lowest BCUT2D eigenvalue weighted by Gasteiger charge is -2.36. The van der Waals surface area contributed by atoms with E-state index in [1.54, 1.807) is 0 Å². The van der Waals surface area contributed by atoms with Gasteiger partial charge in [0.25, 0.3) is 0 Å². The van der Waals surface area contributed by atoms with Gasteiger partial charge in [0.05, 0.1) is 6.10 Å². The number of ether oxygens (including phenoxy) is 1. The summed E-state index contributed by atoms with van der Waals surface area (Å²) in [5.74, 6) is -0.866. The molecule has 0 aromatic carbocycles. The van der Waals surface area contributed by atoms with E-state index in [0.717, 1.165) is 32.0 Å². The summed E-state index contributed by atoms with van der Waals surface area (Å²) in [5, 5.41) is 8.59. The molecule has 1 aliphatic heterocycles. The maximum absolute atomic E-state index is 10.5. The van der Waals surface area contributed by atoms with E-state index in [1.165, 1.54) is 19.3 Å². The van der Waals surface area contributed by atoms with Crippen LogP contribution in [0.4, 0.5) is 0 Å². The number of likely N-dealkylation sites (tertiary alicyclic amines) is 1. The second-order valence-corrected chi connectivity index (χ2v) is 6.50. The SMILES string of the molecule is CC1(C)CCC(N2CCC(OCC(=O)O)CC2)C1. The number of hydrogen-bond acceptors (Lipinski definition) is 3. The number of hydrogen-bond donors (Lipinski definition) is 1. The first-order chi connectivity index (χ1) is 8.46. The van der Waals surface area contributed by atoms with Gasteiger partial charge in [0.1, 0.15) is 6.61 Å². The summed E-state index contributed by atoms with van der Waals surface area (Å²) in [5.41, 5.74) is 0.501. The highest BCUT2D eigenvalue weighted by Gasteiger charge is 2.35. The molecule has 2 rings (SSSR count). The van der Waals surface area contributed by atoms with Crippen molar-refractivity contribution in [3.8, 4) is 0 Å². The van der Waals surface area contributed by atoms with Crippen molar-refractivity contribution in [2.75, 3.05) is 19.7 Å². The molecule has 1 aliphatic carbocycles. The predicted octanol–water partition coefficient (Wildman–Crippen LogP) is 2.13. The molecule has 0 aromatic rings. The standard InChI is InChI=1S/C14H25NO3/c1-14(2)6-3-11(9-14)15-7-4-12(5-8-15)18-10-13(16)17/h11-12H,3-10H2,1-2H3,(H,16,17). The van der Waals surface area contributed by atoms with E-state index in [1.807, 2.05) is 0 Å². The van der Waals surface area contributed by atoms with Crippen LogP contribution in [0.3, 0.4) is 0 Å². The molecule has 104 valence electrons. The summed E-state index contributed by atoms with van der Waals surface area (Å²) in [6.45, 7) is 6.68. The Morgan fingerprint density at radius 3 is 2.50 bits per heavy atom. The van der Waals surface area contributed by atoms with Crippen molar-refractivity contribution >= 4 is 5.97 Å². The highest BCUT2D eigenvalue weighted by Crippen LogP contribution is 2.40. The van der Waals surface area contributed by atoms with Gasteiger partial charge in [0.15, 0.2) is 0 Å². The lowest BCUT2D eigenvalue weighted by molar-refractivity contribution is -0.145. The van der Waals surface area contributed by atoms with Crippen LogP contribution in [0.25, 0.3) is 0 Å². The van der Waals surface area contributed by atoms with Crippen LogP contribution in [0, 0.1) is 5.41 Å².